The minimum Gasteiger partial charge on any atom is -0.497 e. The summed E-state index contributed by atoms with van der Waals surface area (Å²) in [5.74, 6) is 1.99. The summed E-state index contributed by atoms with van der Waals surface area (Å²) in [6, 6.07) is 21.8. The lowest BCUT2D eigenvalue weighted by Gasteiger charge is -2.42. The van der Waals surface area contributed by atoms with E-state index in [0.717, 1.165) is 31.7 Å². The van der Waals surface area contributed by atoms with Gasteiger partial charge in [0, 0.05) is 24.7 Å². The van der Waals surface area contributed by atoms with E-state index in [9.17, 15) is 4.79 Å². The summed E-state index contributed by atoms with van der Waals surface area (Å²) >= 11 is 0. The van der Waals surface area contributed by atoms with Crippen molar-refractivity contribution < 1.29 is 19.0 Å². The fourth-order valence-electron chi connectivity index (χ4n) is 4.92. The highest BCUT2D eigenvalue weighted by molar-refractivity contribution is 5.94. The number of carbonyl (C=O) groups excluding carboxylic acids is 1. The molecular formula is C29H34N2O4. The molecular weight excluding hydrogens is 440 g/mol. The summed E-state index contributed by atoms with van der Waals surface area (Å²) in [6.45, 7) is 3.80. The van der Waals surface area contributed by atoms with Gasteiger partial charge in [-0.3, -0.25) is 9.69 Å². The molecule has 3 aromatic rings. The third-order valence-electron chi connectivity index (χ3n) is 6.72. The number of carbonyl (C=O) groups is 1. The molecule has 6 nitrogen and oxygen atoms in total. The largest absolute Gasteiger partial charge is 0.497 e. The first-order chi connectivity index (χ1) is 17.1. The topological polar surface area (TPSA) is 60.0 Å². The maximum atomic E-state index is 13.3. The molecule has 0 aliphatic carbocycles. The summed E-state index contributed by atoms with van der Waals surface area (Å²) in [4.78, 5) is 15.8. The van der Waals surface area contributed by atoms with E-state index in [1.54, 1.807) is 27.4 Å². The van der Waals surface area contributed by atoms with Crippen molar-refractivity contribution in [3.8, 4) is 17.2 Å². The third-order valence-corrected chi connectivity index (χ3v) is 6.72. The summed E-state index contributed by atoms with van der Waals surface area (Å²) in [6.07, 6.45) is 1.68. The van der Waals surface area contributed by atoms with E-state index >= 15 is 0 Å². The van der Waals surface area contributed by atoms with Gasteiger partial charge in [-0.2, -0.15) is 0 Å². The van der Waals surface area contributed by atoms with Gasteiger partial charge in [-0.25, -0.2) is 0 Å². The minimum atomic E-state index is -0.108. The van der Waals surface area contributed by atoms with Gasteiger partial charge in [0.15, 0.2) is 11.5 Å². The Labute approximate surface area is 207 Å². The number of amides is 1. The lowest BCUT2D eigenvalue weighted by molar-refractivity contribution is 0.0858. The molecule has 35 heavy (non-hydrogen) atoms. The average Bonchev–Trinajstić information content (AvgIpc) is 2.91. The van der Waals surface area contributed by atoms with Gasteiger partial charge >= 0.3 is 0 Å². The zero-order chi connectivity index (χ0) is 24.8. The van der Waals surface area contributed by atoms with E-state index < -0.39 is 0 Å². The minimum absolute atomic E-state index is 0.0154. The van der Waals surface area contributed by atoms with E-state index in [1.165, 1.54) is 16.7 Å². The van der Waals surface area contributed by atoms with Crippen molar-refractivity contribution in [1.82, 2.24) is 10.2 Å². The number of hydrogen-bond acceptors (Lipinski definition) is 5. The molecule has 6 heteroatoms. The molecule has 4 rings (SSSR count). The van der Waals surface area contributed by atoms with Crippen molar-refractivity contribution in [1.29, 1.82) is 0 Å². The molecule has 0 spiro atoms. The van der Waals surface area contributed by atoms with E-state index in [0.29, 0.717) is 17.1 Å². The predicted molar refractivity (Wildman–Crippen MR) is 137 cm³/mol. The van der Waals surface area contributed by atoms with E-state index in [-0.39, 0.29) is 18.0 Å². The van der Waals surface area contributed by atoms with Crippen LogP contribution in [0.25, 0.3) is 0 Å². The van der Waals surface area contributed by atoms with Gasteiger partial charge in [-0.1, -0.05) is 43.3 Å². The van der Waals surface area contributed by atoms with E-state index in [4.69, 9.17) is 14.2 Å². The second kappa shape index (κ2) is 11.3. The monoisotopic (exact) mass is 474 g/mol. The fraction of sp³-hybridized carbons (Fsp3) is 0.345. The van der Waals surface area contributed by atoms with Crippen LogP contribution in [0.15, 0.2) is 66.7 Å². The molecule has 3 aromatic carbocycles. The molecule has 0 fully saturated rings. The number of hydrogen-bond donors (Lipinski definition) is 1. The molecule has 1 amide bonds. The van der Waals surface area contributed by atoms with Gasteiger partial charge in [0.25, 0.3) is 5.91 Å². The Hall–Kier alpha value is -3.51. The molecule has 0 saturated carbocycles. The molecule has 2 atom stereocenters. The summed E-state index contributed by atoms with van der Waals surface area (Å²) in [5, 5.41) is 3.32. The van der Waals surface area contributed by atoms with Crippen molar-refractivity contribution >= 4 is 5.91 Å². The number of nitrogens with zero attached hydrogens (tertiary/aromatic N) is 1. The van der Waals surface area contributed by atoms with Crippen LogP contribution in [0.3, 0.4) is 0 Å². The average molecular weight is 475 g/mol. The van der Waals surface area contributed by atoms with Gasteiger partial charge in [-0.15, -0.1) is 0 Å². The SMILES string of the molecule is CC[C@H](NC(=O)c1cccc(OC)c1)[C@H]1c2cc(OC)c(OC)cc2CCN1Cc1ccccc1. The first-order valence-corrected chi connectivity index (χ1v) is 12.1. The highest BCUT2D eigenvalue weighted by Gasteiger charge is 2.35. The van der Waals surface area contributed by atoms with E-state index in [1.807, 2.05) is 24.3 Å². The maximum absolute atomic E-state index is 13.3. The lowest BCUT2D eigenvalue weighted by Crippen LogP contribution is -2.48. The molecule has 0 bridgehead atoms. The summed E-state index contributed by atoms with van der Waals surface area (Å²) < 4.78 is 16.5. The smallest absolute Gasteiger partial charge is 0.251 e. The standard InChI is InChI=1S/C29H34N2O4/c1-5-25(30-29(32)22-12-9-13-23(16-22)33-2)28-24-18-27(35-4)26(34-3)17-21(24)14-15-31(28)19-20-10-7-6-8-11-20/h6-13,16-18,25,28H,5,14-15,19H2,1-4H3,(H,30,32)/t25-,28+/m0/s1. The van der Waals surface area contributed by atoms with Gasteiger partial charge in [0.05, 0.1) is 27.4 Å². The van der Waals surface area contributed by atoms with E-state index in [2.05, 4.69) is 53.5 Å². The molecule has 0 saturated heterocycles. The van der Waals surface area contributed by atoms with Gasteiger partial charge in [0.1, 0.15) is 5.75 Å². The molecule has 0 aromatic heterocycles. The number of benzene rings is 3. The van der Waals surface area contributed by atoms with Crippen molar-refractivity contribution in [2.24, 2.45) is 0 Å². The van der Waals surface area contributed by atoms with Crippen LogP contribution in [-0.4, -0.2) is 44.7 Å². The molecule has 184 valence electrons. The predicted octanol–water partition coefficient (Wildman–Crippen LogP) is 5.02. The summed E-state index contributed by atoms with van der Waals surface area (Å²) in [7, 11) is 4.93. The highest BCUT2D eigenvalue weighted by atomic mass is 16.5. The lowest BCUT2D eigenvalue weighted by atomic mass is 9.86. The van der Waals surface area contributed by atoms with Gasteiger partial charge in [-0.05, 0) is 59.9 Å². The highest BCUT2D eigenvalue weighted by Crippen LogP contribution is 2.40. The maximum Gasteiger partial charge on any atom is 0.251 e. The van der Waals surface area contributed by atoms with Crippen LogP contribution < -0.4 is 19.5 Å². The number of rotatable bonds is 9. The second-order valence-corrected chi connectivity index (χ2v) is 8.78. The number of ether oxygens (including phenoxy) is 3. The Morgan fingerprint density at radius 1 is 0.971 bits per heavy atom. The number of methoxy groups -OCH3 is 3. The molecule has 1 aliphatic heterocycles. The van der Waals surface area contributed by atoms with Crippen LogP contribution in [0, 0.1) is 0 Å². The third kappa shape index (κ3) is 5.43. The Bertz CT molecular complexity index is 1150. The summed E-state index contributed by atoms with van der Waals surface area (Å²) in [5.41, 5.74) is 4.23. The van der Waals surface area contributed by atoms with Crippen LogP contribution in [-0.2, 0) is 13.0 Å². The van der Waals surface area contributed by atoms with Gasteiger partial charge in [0.2, 0.25) is 0 Å². The molecule has 0 radical (unpaired) electrons. The molecule has 1 heterocycles. The van der Waals surface area contributed by atoms with Gasteiger partial charge < -0.3 is 19.5 Å². The number of fused-ring (bicyclic) bond motifs is 1. The van der Waals surface area contributed by atoms with Crippen molar-refractivity contribution in [3.63, 3.8) is 0 Å². The first-order valence-electron chi connectivity index (χ1n) is 12.1. The van der Waals surface area contributed by atoms with Crippen molar-refractivity contribution in [2.75, 3.05) is 27.9 Å². The fourth-order valence-corrected chi connectivity index (χ4v) is 4.92. The first kappa shape index (κ1) is 24.6. The quantitative estimate of drug-likeness (QED) is 0.472. The molecule has 0 unspecified atom stereocenters. The van der Waals surface area contributed by atoms with Crippen LogP contribution in [0.4, 0.5) is 0 Å². The van der Waals surface area contributed by atoms with Crippen LogP contribution in [0.5, 0.6) is 17.2 Å². The Kier molecular flexibility index (Phi) is 7.93. The zero-order valence-corrected chi connectivity index (χ0v) is 20.9. The van der Waals surface area contributed by atoms with Crippen molar-refractivity contribution in [2.45, 2.75) is 38.4 Å². The Morgan fingerprint density at radius 3 is 2.40 bits per heavy atom. The zero-order valence-electron chi connectivity index (χ0n) is 20.9. The van der Waals surface area contributed by atoms with Crippen LogP contribution in [0.1, 0.15) is 46.4 Å². The Morgan fingerprint density at radius 2 is 1.71 bits per heavy atom. The molecule has 1 N–H and O–H groups in total. The number of nitrogens with one attached hydrogen (secondary N) is 1. The second-order valence-electron chi connectivity index (χ2n) is 8.78. The van der Waals surface area contributed by atoms with Crippen LogP contribution in [0.2, 0.25) is 0 Å². The van der Waals surface area contributed by atoms with Crippen molar-refractivity contribution in [3.05, 3.63) is 89.0 Å². The normalized spacial score (nSPS) is 16.2. The van der Waals surface area contributed by atoms with Crippen LogP contribution >= 0.6 is 0 Å². The Balaban J connectivity index is 1.71. The molecule has 1 aliphatic rings.